The molecule has 0 radical (unpaired) electrons. The Labute approximate surface area is 111 Å². The summed E-state index contributed by atoms with van der Waals surface area (Å²) in [5.74, 6) is -2.83. The van der Waals surface area contributed by atoms with Crippen LogP contribution in [0.4, 0.5) is 8.78 Å². The fourth-order valence-corrected chi connectivity index (χ4v) is 1.23. The van der Waals surface area contributed by atoms with Crippen molar-refractivity contribution in [3.05, 3.63) is 30.0 Å². The number of aromatic nitrogens is 1. The van der Waals surface area contributed by atoms with E-state index in [4.69, 9.17) is 15.2 Å². The van der Waals surface area contributed by atoms with Gasteiger partial charge in [-0.3, -0.25) is 0 Å². The van der Waals surface area contributed by atoms with Crippen molar-refractivity contribution in [1.82, 2.24) is 4.98 Å². The SMILES string of the molecule is C=C(C)C(F)(F)COc1ncc(C(C)N)cc1OC. The van der Waals surface area contributed by atoms with E-state index >= 15 is 0 Å². The molecule has 1 rings (SSSR count). The summed E-state index contributed by atoms with van der Waals surface area (Å²) in [6.07, 6.45) is 1.47. The zero-order chi connectivity index (χ0) is 14.6. The zero-order valence-corrected chi connectivity index (χ0v) is 11.2. The monoisotopic (exact) mass is 272 g/mol. The minimum atomic E-state index is -3.10. The lowest BCUT2D eigenvalue weighted by Crippen LogP contribution is -2.26. The van der Waals surface area contributed by atoms with E-state index in [1.54, 1.807) is 13.0 Å². The molecule has 1 unspecified atom stereocenters. The standard InChI is InChI=1S/C13H18F2N2O2/c1-8(2)13(14,15)7-19-12-11(18-4)5-10(6-17-12)9(3)16/h5-6,9H,1,7,16H2,2-4H3. The number of alkyl halides is 2. The van der Waals surface area contributed by atoms with Gasteiger partial charge in [-0.2, -0.15) is 8.78 Å². The van der Waals surface area contributed by atoms with E-state index in [0.29, 0.717) is 0 Å². The van der Waals surface area contributed by atoms with Gasteiger partial charge in [0.25, 0.3) is 5.88 Å². The van der Waals surface area contributed by atoms with Crippen LogP contribution in [0.15, 0.2) is 24.4 Å². The van der Waals surface area contributed by atoms with Crippen LogP contribution in [-0.4, -0.2) is 24.6 Å². The van der Waals surface area contributed by atoms with Gasteiger partial charge in [-0.05, 0) is 31.1 Å². The van der Waals surface area contributed by atoms with Crippen molar-refractivity contribution in [2.75, 3.05) is 13.7 Å². The minimum absolute atomic E-state index is 0.00725. The first-order valence-electron chi connectivity index (χ1n) is 5.74. The normalized spacial score (nSPS) is 12.9. The summed E-state index contributed by atoms with van der Waals surface area (Å²) in [6.45, 7) is 5.42. The van der Waals surface area contributed by atoms with Gasteiger partial charge in [-0.25, -0.2) is 4.98 Å². The summed E-state index contributed by atoms with van der Waals surface area (Å²) in [5, 5.41) is 0. The van der Waals surface area contributed by atoms with Crippen LogP contribution < -0.4 is 15.2 Å². The number of rotatable bonds is 6. The quantitative estimate of drug-likeness (QED) is 0.809. The topological polar surface area (TPSA) is 57.4 Å². The van der Waals surface area contributed by atoms with Crippen molar-refractivity contribution in [2.45, 2.75) is 25.8 Å². The highest BCUT2D eigenvalue weighted by molar-refractivity contribution is 5.37. The lowest BCUT2D eigenvalue weighted by molar-refractivity contribution is -0.00769. The first kappa shape index (κ1) is 15.4. The lowest BCUT2D eigenvalue weighted by Gasteiger charge is -2.18. The molecule has 1 heterocycles. The maximum atomic E-state index is 13.4. The van der Waals surface area contributed by atoms with Gasteiger partial charge < -0.3 is 15.2 Å². The number of halogens is 2. The summed E-state index contributed by atoms with van der Waals surface area (Å²) >= 11 is 0. The van der Waals surface area contributed by atoms with E-state index in [2.05, 4.69) is 11.6 Å². The van der Waals surface area contributed by atoms with E-state index in [9.17, 15) is 8.78 Å². The fraction of sp³-hybridized carbons (Fsp3) is 0.462. The molecular weight excluding hydrogens is 254 g/mol. The second-order valence-corrected chi connectivity index (χ2v) is 4.34. The molecule has 1 aromatic heterocycles. The minimum Gasteiger partial charge on any atom is -0.491 e. The van der Waals surface area contributed by atoms with E-state index in [-0.39, 0.29) is 23.2 Å². The van der Waals surface area contributed by atoms with Crippen LogP contribution in [0.3, 0.4) is 0 Å². The summed E-state index contributed by atoms with van der Waals surface area (Å²) in [4.78, 5) is 3.94. The molecule has 0 fully saturated rings. The summed E-state index contributed by atoms with van der Waals surface area (Å²) in [6, 6.07) is 1.39. The predicted molar refractivity (Wildman–Crippen MR) is 68.6 cm³/mol. The molecule has 106 valence electrons. The van der Waals surface area contributed by atoms with Crippen molar-refractivity contribution >= 4 is 0 Å². The molecule has 19 heavy (non-hydrogen) atoms. The van der Waals surface area contributed by atoms with E-state index in [1.165, 1.54) is 20.2 Å². The second kappa shape index (κ2) is 5.97. The van der Waals surface area contributed by atoms with Gasteiger partial charge >= 0.3 is 5.92 Å². The summed E-state index contributed by atoms with van der Waals surface area (Å²) < 4.78 is 36.8. The average molecular weight is 272 g/mol. The van der Waals surface area contributed by atoms with Crippen LogP contribution in [0, 0.1) is 0 Å². The number of methoxy groups -OCH3 is 1. The van der Waals surface area contributed by atoms with E-state index in [0.717, 1.165) is 5.56 Å². The predicted octanol–water partition coefficient (Wildman–Crippen LogP) is 2.70. The second-order valence-electron chi connectivity index (χ2n) is 4.34. The van der Waals surface area contributed by atoms with Crippen LogP contribution in [-0.2, 0) is 0 Å². The molecule has 2 N–H and O–H groups in total. The molecule has 0 bridgehead atoms. The van der Waals surface area contributed by atoms with Crippen LogP contribution in [0.25, 0.3) is 0 Å². The van der Waals surface area contributed by atoms with E-state index in [1.807, 2.05) is 0 Å². The molecule has 0 aliphatic heterocycles. The maximum absolute atomic E-state index is 13.4. The Morgan fingerprint density at radius 3 is 2.68 bits per heavy atom. The molecule has 0 spiro atoms. The van der Waals surface area contributed by atoms with Crippen molar-refractivity contribution in [3.8, 4) is 11.6 Å². The Morgan fingerprint density at radius 1 is 1.58 bits per heavy atom. The van der Waals surface area contributed by atoms with Crippen molar-refractivity contribution in [1.29, 1.82) is 0 Å². The molecule has 0 aliphatic carbocycles. The summed E-state index contributed by atoms with van der Waals surface area (Å²) in [7, 11) is 1.41. The smallest absolute Gasteiger partial charge is 0.302 e. The van der Waals surface area contributed by atoms with Gasteiger partial charge in [0.05, 0.1) is 7.11 Å². The molecule has 4 nitrogen and oxygen atoms in total. The first-order chi connectivity index (χ1) is 8.77. The van der Waals surface area contributed by atoms with Crippen LogP contribution >= 0.6 is 0 Å². The molecule has 1 aromatic rings. The van der Waals surface area contributed by atoms with Gasteiger partial charge in [0.2, 0.25) is 0 Å². The maximum Gasteiger partial charge on any atom is 0.302 e. The van der Waals surface area contributed by atoms with Crippen LogP contribution in [0.2, 0.25) is 0 Å². The van der Waals surface area contributed by atoms with E-state index < -0.39 is 12.5 Å². The molecule has 0 aromatic carbocycles. The van der Waals surface area contributed by atoms with Gasteiger partial charge in [-0.1, -0.05) is 6.58 Å². The number of pyridine rings is 1. The van der Waals surface area contributed by atoms with Crippen LogP contribution in [0.1, 0.15) is 25.5 Å². The number of hydrogen-bond donors (Lipinski definition) is 1. The molecule has 0 aliphatic rings. The molecule has 0 amide bonds. The number of ether oxygens (including phenoxy) is 2. The third-order valence-corrected chi connectivity index (χ3v) is 2.60. The molecule has 1 atom stereocenters. The average Bonchev–Trinajstić information content (AvgIpc) is 2.35. The van der Waals surface area contributed by atoms with Gasteiger partial charge in [0.15, 0.2) is 12.4 Å². The van der Waals surface area contributed by atoms with Crippen molar-refractivity contribution < 1.29 is 18.3 Å². The van der Waals surface area contributed by atoms with Gasteiger partial charge in [0, 0.05) is 12.2 Å². The molecule has 0 saturated heterocycles. The first-order valence-corrected chi connectivity index (χ1v) is 5.74. The molecular formula is C13H18F2N2O2. The highest BCUT2D eigenvalue weighted by Crippen LogP contribution is 2.29. The zero-order valence-electron chi connectivity index (χ0n) is 11.2. The largest absolute Gasteiger partial charge is 0.491 e. The molecule has 6 heteroatoms. The number of hydrogen-bond acceptors (Lipinski definition) is 4. The van der Waals surface area contributed by atoms with Gasteiger partial charge in [-0.15, -0.1) is 0 Å². The summed E-state index contributed by atoms with van der Waals surface area (Å²) in [5.41, 5.74) is 6.17. The highest BCUT2D eigenvalue weighted by atomic mass is 19.3. The van der Waals surface area contributed by atoms with Crippen LogP contribution in [0.5, 0.6) is 11.6 Å². The molecule has 0 saturated carbocycles. The number of nitrogens with zero attached hydrogens (tertiary/aromatic N) is 1. The Balaban J connectivity index is 2.87. The Morgan fingerprint density at radius 2 is 2.21 bits per heavy atom. The Bertz CT molecular complexity index is 462. The Kier molecular flexibility index (Phi) is 4.83. The Hall–Kier alpha value is -1.69. The van der Waals surface area contributed by atoms with Gasteiger partial charge in [0.1, 0.15) is 0 Å². The number of nitrogens with two attached hydrogens (primary N) is 1. The van der Waals surface area contributed by atoms with Crippen molar-refractivity contribution in [3.63, 3.8) is 0 Å². The third kappa shape index (κ3) is 3.89. The lowest BCUT2D eigenvalue weighted by atomic mass is 10.1. The highest BCUT2D eigenvalue weighted by Gasteiger charge is 2.31. The third-order valence-electron chi connectivity index (χ3n) is 2.60. The van der Waals surface area contributed by atoms with Crippen molar-refractivity contribution in [2.24, 2.45) is 5.73 Å². The fourth-order valence-electron chi connectivity index (χ4n) is 1.23.